The van der Waals surface area contributed by atoms with Crippen molar-refractivity contribution in [1.29, 1.82) is 0 Å². The number of aliphatic hydroxyl groups excluding tert-OH is 1. The van der Waals surface area contributed by atoms with Gasteiger partial charge in [0.1, 0.15) is 0 Å². The Kier molecular flexibility index (Phi) is 5.98. The summed E-state index contributed by atoms with van der Waals surface area (Å²) in [5.41, 5.74) is -0.0265. The van der Waals surface area contributed by atoms with E-state index < -0.39 is 15.8 Å². The molecule has 0 saturated carbocycles. The number of aliphatic hydroxyl groups is 1. The van der Waals surface area contributed by atoms with Crippen molar-refractivity contribution in [3.05, 3.63) is 29.8 Å². The lowest BCUT2D eigenvalue weighted by Crippen LogP contribution is -2.08. The van der Waals surface area contributed by atoms with E-state index in [9.17, 15) is 13.2 Å². The van der Waals surface area contributed by atoms with E-state index in [0.717, 1.165) is 12.8 Å². The number of hydrogen-bond acceptors (Lipinski definition) is 4. The van der Waals surface area contributed by atoms with E-state index in [0.29, 0.717) is 12.8 Å². The minimum atomic E-state index is -3.43. The number of hydrogen-bond donors (Lipinski definition) is 2. The number of sulfone groups is 1. The van der Waals surface area contributed by atoms with Crippen LogP contribution in [0.4, 0.5) is 0 Å². The van der Waals surface area contributed by atoms with Gasteiger partial charge in [-0.3, -0.25) is 0 Å². The van der Waals surface area contributed by atoms with Gasteiger partial charge in [-0.2, -0.15) is 0 Å². The molecule has 19 heavy (non-hydrogen) atoms. The van der Waals surface area contributed by atoms with Crippen LogP contribution in [-0.2, 0) is 9.84 Å². The highest BCUT2D eigenvalue weighted by Crippen LogP contribution is 2.15. The third-order valence-corrected chi connectivity index (χ3v) is 4.56. The van der Waals surface area contributed by atoms with Crippen LogP contribution in [0.1, 0.15) is 36.0 Å². The molecule has 0 spiro atoms. The molecule has 0 radical (unpaired) electrons. The van der Waals surface area contributed by atoms with Crippen molar-refractivity contribution in [3.63, 3.8) is 0 Å². The van der Waals surface area contributed by atoms with Gasteiger partial charge in [0, 0.05) is 6.61 Å². The molecule has 0 aromatic heterocycles. The predicted octanol–water partition coefficient (Wildman–Crippen LogP) is 1.71. The number of carbonyl (C=O) groups is 1. The first kappa shape index (κ1) is 15.7. The summed E-state index contributed by atoms with van der Waals surface area (Å²) in [4.78, 5) is 10.8. The first-order chi connectivity index (χ1) is 8.97. The summed E-state index contributed by atoms with van der Waals surface area (Å²) in [5.74, 6) is -1.14. The second-order valence-electron chi connectivity index (χ2n) is 4.29. The Bertz CT molecular complexity index is 522. The monoisotopic (exact) mass is 286 g/mol. The second-order valence-corrected chi connectivity index (χ2v) is 6.40. The molecule has 0 unspecified atom stereocenters. The lowest BCUT2D eigenvalue weighted by atomic mass is 10.2. The topological polar surface area (TPSA) is 91.7 Å². The van der Waals surface area contributed by atoms with Crippen LogP contribution in [-0.4, -0.2) is 37.0 Å². The van der Waals surface area contributed by atoms with E-state index in [1.54, 1.807) is 0 Å². The highest BCUT2D eigenvalue weighted by Gasteiger charge is 2.15. The van der Waals surface area contributed by atoms with E-state index in [1.165, 1.54) is 24.3 Å². The molecule has 0 bridgehead atoms. The van der Waals surface area contributed by atoms with Gasteiger partial charge in [0.25, 0.3) is 0 Å². The van der Waals surface area contributed by atoms with Crippen LogP contribution in [0.5, 0.6) is 0 Å². The van der Waals surface area contributed by atoms with E-state index >= 15 is 0 Å². The van der Waals surface area contributed by atoms with Gasteiger partial charge in [-0.15, -0.1) is 0 Å². The van der Waals surface area contributed by atoms with Crippen LogP contribution in [0.15, 0.2) is 29.2 Å². The number of carboxylic acid groups (broad SMARTS) is 1. The average Bonchev–Trinajstić information content (AvgIpc) is 2.38. The molecule has 0 fully saturated rings. The zero-order chi connectivity index (χ0) is 14.3. The van der Waals surface area contributed by atoms with Gasteiger partial charge in [-0.1, -0.05) is 18.9 Å². The first-order valence-corrected chi connectivity index (χ1v) is 7.79. The molecule has 0 saturated heterocycles. The van der Waals surface area contributed by atoms with E-state index in [-0.39, 0.29) is 22.8 Å². The van der Waals surface area contributed by atoms with Crippen molar-refractivity contribution in [2.45, 2.75) is 30.6 Å². The maximum absolute atomic E-state index is 12.0. The van der Waals surface area contributed by atoms with Crippen molar-refractivity contribution in [2.24, 2.45) is 0 Å². The number of carboxylic acids is 1. The Balaban J connectivity index is 2.66. The molecule has 1 rings (SSSR count). The van der Waals surface area contributed by atoms with Crippen molar-refractivity contribution < 1.29 is 23.4 Å². The smallest absolute Gasteiger partial charge is 0.335 e. The van der Waals surface area contributed by atoms with Crippen LogP contribution in [0.3, 0.4) is 0 Å². The van der Waals surface area contributed by atoms with Crippen molar-refractivity contribution in [2.75, 3.05) is 12.4 Å². The Morgan fingerprint density at radius 3 is 2.42 bits per heavy atom. The maximum Gasteiger partial charge on any atom is 0.335 e. The molecule has 0 heterocycles. The molecule has 0 aliphatic rings. The molecule has 5 nitrogen and oxygen atoms in total. The minimum Gasteiger partial charge on any atom is -0.478 e. The predicted molar refractivity (Wildman–Crippen MR) is 71.0 cm³/mol. The Morgan fingerprint density at radius 2 is 1.79 bits per heavy atom. The Labute approximate surface area is 112 Å². The third kappa shape index (κ3) is 5.00. The maximum atomic E-state index is 12.0. The van der Waals surface area contributed by atoms with Crippen LogP contribution >= 0.6 is 0 Å². The molecule has 6 heteroatoms. The lowest BCUT2D eigenvalue weighted by molar-refractivity contribution is 0.0696. The summed E-state index contributed by atoms with van der Waals surface area (Å²) in [6, 6.07) is 5.39. The molecule has 2 N–H and O–H groups in total. The fourth-order valence-corrected chi connectivity index (χ4v) is 3.11. The van der Waals surface area contributed by atoms with Crippen LogP contribution in [0.25, 0.3) is 0 Å². The molecular formula is C13H18O5S. The van der Waals surface area contributed by atoms with Crippen LogP contribution < -0.4 is 0 Å². The first-order valence-electron chi connectivity index (χ1n) is 6.14. The van der Waals surface area contributed by atoms with Gasteiger partial charge in [0.05, 0.1) is 16.2 Å². The van der Waals surface area contributed by atoms with Gasteiger partial charge in [-0.25, -0.2) is 13.2 Å². The third-order valence-electron chi connectivity index (χ3n) is 2.76. The second kappa shape index (κ2) is 7.25. The Hall–Kier alpha value is -1.40. The van der Waals surface area contributed by atoms with Gasteiger partial charge in [-0.05, 0) is 31.0 Å². The van der Waals surface area contributed by atoms with Crippen LogP contribution in [0, 0.1) is 0 Å². The molecule has 1 aromatic carbocycles. The lowest BCUT2D eigenvalue weighted by Gasteiger charge is -2.05. The SMILES string of the molecule is O=C(O)c1cccc(S(=O)(=O)CCCCCCO)c1. The zero-order valence-corrected chi connectivity index (χ0v) is 11.4. The molecule has 0 amide bonds. The fourth-order valence-electron chi connectivity index (χ4n) is 1.70. The van der Waals surface area contributed by atoms with Gasteiger partial charge >= 0.3 is 5.97 Å². The summed E-state index contributed by atoms with van der Waals surface area (Å²) in [6.45, 7) is 0.118. The quantitative estimate of drug-likeness (QED) is 0.710. The number of benzene rings is 1. The molecule has 0 aliphatic carbocycles. The molecule has 106 valence electrons. The zero-order valence-electron chi connectivity index (χ0n) is 10.6. The Morgan fingerprint density at radius 1 is 1.11 bits per heavy atom. The van der Waals surface area contributed by atoms with Gasteiger partial charge < -0.3 is 10.2 Å². The standard InChI is InChI=1S/C13H18O5S/c14-8-3-1-2-4-9-19(17,18)12-7-5-6-11(10-12)13(15)16/h5-7,10,14H,1-4,8-9H2,(H,15,16). The number of rotatable bonds is 8. The normalized spacial score (nSPS) is 11.4. The van der Waals surface area contributed by atoms with Crippen LogP contribution in [0.2, 0.25) is 0 Å². The van der Waals surface area contributed by atoms with E-state index in [4.69, 9.17) is 10.2 Å². The summed E-state index contributed by atoms with van der Waals surface area (Å²) in [5, 5.41) is 17.4. The van der Waals surface area contributed by atoms with Gasteiger partial charge in [0.15, 0.2) is 9.84 Å². The minimum absolute atomic E-state index is 0.00149. The summed E-state index contributed by atoms with van der Waals surface area (Å²) < 4.78 is 24.0. The van der Waals surface area contributed by atoms with E-state index in [1.807, 2.05) is 0 Å². The number of aromatic carboxylic acids is 1. The summed E-state index contributed by atoms with van der Waals surface area (Å²) in [6.07, 6.45) is 2.72. The highest BCUT2D eigenvalue weighted by molar-refractivity contribution is 7.91. The van der Waals surface area contributed by atoms with Crippen molar-refractivity contribution in [3.8, 4) is 0 Å². The van der Waals surface area contributed by atoms with Gasteiger partial charge in [0.2, 0.25) is 0 Å². The molecule has 0 aliphatic heterocycles. The summed E-state index contributed by atoms with van der Waals surface area (Å²) >= 11 is 0. The molecule has 1 aromatic rings. The van der Waals surface area contributed by atoms with Crippen molar-refractivity contribution in [1.82, 2.24) is 0 Å². The highest BCUT2D eigenvalue weighted by atomic mass is 32.2. The summed E-state index contributed by atoms with van der Waals surface area (Å²) in [7, 11) is -3.43. The average molecular weight is 286 g/mol. The van der Waals surface area contributed by atoms with E-state index in [2.05, 4.69) is 0 Å². The molecular weight excluding hydrogens is 268 g/mol. The van der Waals surface area contributed by atoms with Crippen molar-refractivity contribution >= 4 is 15.8 Å². The number of unbranched alkanes of at least 4 members (excludes halogenated alkanes) is 3. The molecule has 0 atom stereocenters. The fraction of sp³-hybridized carbons (Fsp3) is 0.462. The largest absolute Gasteiger partial charge is 0.478 e.